The van der Waals surface area contributed by atoms with Crippen LogP contribution in [0.3, 0.4) is 0 Å². The average molecular weight is 352 g/mol. The van der Waals surface area contributed by atoms with E-state index in [0.29, 0.717) is 0 Å². The van der Waals surface area contributed by atoms with Crippen LogP contribution in [0.15, 0.2) is 23.1 Å². The molecule has 0 atom stereocenters. The first kappa shape index (κ1) is 17.1. The molecular weight excluding hydrogens is 337 g/mol. The van der Waals surface area contributed by atoms with Crippen molar-refractivity contribution in [1.29, 1.82) is 0 Å². The molecule has 0 radical (unpaired) electrons. The summed E-state index contributed by atoms with van der Waals surface area (Å²) in [6.45, 7) is 0.210. The second kappa shape index (κ2) is 6.49. The van der Waals surface area contributed by atoms with Crippen molar-refractivity contribution in [3.05, 3.63) is 29.0 Å². The summed E-state index contributed by atoms with van der Waals surface area (Å²) in [5.74, 6) is -1.87. The van der Waals surface area contributed by atoms with Crippen LogP contribution in [0, 0.1) is 11.2 Å². The Bertz CT molecular complexity index is 653. The molecule has 1 aromatic rings. The summed E-state index contributed by atoms with van der Waals surface area (Å²) in [6.07, 6.45) is 0.406. The lowest BCUT2D eigenvalue weighted by Crippen LogP contribution is -2.46. The Hall–Kier alpha value is -1.22. The first-order chi connectivity index (χ1) is 10.3. The van der Waals surface area contributed by atoms with Crippen LogP contribution in [0.1, 0.15) is 12.8 Å². The molecule has 0 aromatic heterocycles. The molecule has 0 saturated carbocycles. The topological polar surface area (TPSA) is 92.7 Å². The summed E-state index contributed by atoms with van der Waals surface area (Å²) in [7, 11) is -4.05. The highest BCUT2D eigenvalue weighted by molar-refractivity contribution is 7.89. The van der Waals surface area contributed by atoms with Gasteiger partial charge in [-0.15, -0.1) is 0 Å². The maximum Gasteiger partial charge on any atom is 0.311 e. The third-order valence-electron chi connectivity index (χ3n) is 3.65. The van der Waals surface area contributed by atoms with Gasteiger partial charge in [-0.25, -0.2) is 17.5 Å². The van der Waals surface area contributed by atoms with E-state index in [-0.39, 0.29) is 42.5 Å². The minimum atomic E-state index is -4.05. The molecular formula is C13H15ClFNO5S. The molecule has 9 heteroatoms. The van der Waals surface area contributed by atoms with Gasteiger partial charge in [0.2, 0.25) is 10.0 Å². The van der Waals surface area contributed by atoms with Crippen molar-refractivity contribution in [3.8, 4) is 0 Å². The van der Waals surface area contributed by atoms with Gasteiger partial charge in [0.25, 0.3) is 0 Å². The molecule has 6 nitrogen and oxygen atoms in total. The van der Waals surface area contributed by atoms with Gasteiger partial charge in [0.15, 0.2) is 0 Å². The predicted molar refractivity (Wildman–Crippen MR) is 76.7 cm³/mol. The number of carboxylic acids is 1. The van der Waals surface area contributed by atoms with E-state index in [4.69, 9.17) is 16.3 Å². The van der Waals surface area contributed by atoms with Crippen LogP contribution < -0.4 is 4.72 Å². The van der Waals surface area contributed by atoms with Crippen molar-refractivity contribution in [2.75, 3.05) is 19.8 Å². The van der Waals surface area contributed by atoms with Crippen molar-refractivity contribution in [3.63, 3.8) is 0 Å². The number of benzene rings is 1. The third-order valence-corrected chi connectivity index (χ3v) is 5.25. The lowest BCUT2D eigenvalue weighted by Gasteiger charge is -2.33. The van der Waals surface area contributed by atoms with Crippen LogP contribution in [-0.4, -0.2) is 39.3 Å². The molecule has 0 bridgehead atoms. The van der Waals surface area contributed by atoms with Crippen molar-refractivity contribution < 1.29 is 27.4 Å². The highest BCUT2D eigenvalue weighted by Gasteiger charge is 2.41. The Kier molecular flexibility index (Phi) is 5.06. The Morgan fingerprint density at radius 3 is 2.55 bits per heavy atom. The van der Waals surface area contributed by atoms with E-state index >= 15 is 0 Å². The highest BCUT2D eigenvalue weighted by Crippen LogP contribution is 2.30. The predicted octanol–water partition coefficient (Wildman–Crippen LogP) is 1.64. The summed E-state index contributed by atoms with van der Waals surface area (Å²) < 4.78 is 45.0. The normalized spacial score (nSPS) is 18.1. The standard InChI is InChI=1S/C13H15ClFNO5S/c14-9-5-10(15)7-11(6-9)22(19,20)16-8-13(12(17)18)1-3-21-4-2-13/h5-7,16H,1-4,8H2,(H,17,18). The molecule has 1 fully saturated rings. The van der Waals surface area contributed by atoms with Crippen molar-refractivity contribution in [2.24, 2.45) is 5.41 Å². The molecule has 0 amide bonds. The fraction of sp³-hybridized carbons (Fsp3) is 0.462. The van der Waals surface area contributed by atoms with Gasteiger partial charge in [-0.05, 0) is 31.0 Å². The van der Waals surface area contributed by atoms with Gasteiger partial charge in [0.05, 0.1) is 10.3 Å². The van der Waals surface area contributed by atoms with E-state index < -0.39 is 27.2 Å². The number of ether oxygens (including phenoxy) is 1. The zero-order valence-electron chi connectivity index (χ0n) is 11.5. The van der Waals surface area contributed by atoms with E-state index in [0.717, 1.165) is 18.2 Å². The molecule has 122 valence electrons. The molecule has 1 aliphatic heterocycles. The van der Waals surface area contributed by atoms with Gasteiger partial charge < -0.3 is 9.84 Å². The number of halogens is 2. The fourth-order valence-corrected chi connectivity index (χ4v) is 3.70. The van der Waals surface area contributed by atoms with Crippen LogP contribution in [0.25, 0.3) is 0 Å². The second-order valence-corrected chi connectivity index (χ2v) is 7.33. The highest BCUT2D eigenvalue weighted by atomic mass is 35.5. The smallest absolute Gasteiger partial charge is 0.311 e. The largest absolute Gasteiger partial charge is 0.481 e. The van der Waals surface area contributed by atoms with Crippen LogP contribution >= 0.6 is 11.6 Å². The number of rotatable bonds is 5. The maximum atomic E-state index is 13.3. The summed E-state index contributed by atoms with van der Waals surface area (Å²) in [5, 5.41) is 9.32. The molecule has 2 rings (SSSR count). The molecule has 0 unspecified atom stereocenters. The van der Waals surface area contributed by atoms with Crippen LogP contribution in [0.5, 0.6) is 0 Å². The van der Waals surface area contributed by atoms with Gasteiger partial charge in [0.1, 0.15) is 5.82 Å². The average Bonchev–Trinajstić information content (AvgIpc) is 2.45. The van der Waals surface area contributed by atoms with E-state index in [1.54, 1.807) is 0 Å². The van der Waals surface area contributed by atoms with Gasteiger partial charge in [-0.2, -0.15) is 0 Å². The van der Waals surface area contributed by atoms with Crippen molar-refractivity contribution in [2.45, 2.75) is 17.7 Å². The maximum absolute atomic E-state index is 13.3. The Balaban J connectivity index is 2.19. The molecule has 22 heavy (non-hydrogen) atoms. The summed E-state index contributed by atoms with van der Waals surface area (Å²) in [6, 6.07) is 2.91. The van der Waals surface area contributed by atoms with Crippen LogP contribution in [0.4, 0.5) is 4.39 Å². The monoisotopic (exact) mass is 351 g/mol. The molecule has 1 aromatic carbocycles. The number of carboxylic acid groups (broad SMARTS) is 1. The van der Waals surface area contributed by atoms with Crippen molar-refractivity contribution in [1.82, 2.24) is 4.72 Å². The SMILES string of the molecule is O=C(O)C1(CNS(=O)(=O)c2cc(F)cc(Cl)c2)CCOCC1. The number of hydrogen-bond acceptors (Lipinski definition) is 4. The fourth-order valence-electron chi connectivity index (χ4n) is 2.23. The Labute approximate surface area is 132 Å². The van der Waals surface area contributed by atoms with Crippen LogP contribution in [-0.2, 0) is 19.6 Å². The summed E-state index contributed by atoms with van der Waals surface area (Å²) in [5.41, 5.74) is -1.22. The summed E-state index contributed by atoms with van der Waals surface area (Å²) >= 11 is 5.64. The minimum Gasteiger partial charge on any atom is -0.481 e. The van der Waals surface area contributed by atoms with E-state index in [9.17, 15) is 22.7 Å². The van der Waals surface area contributed by atoms with Gasteiger partial charge in [0, 0.05) is 24.8 Å². The second-order valence-electron chi connectivity index (χ2n) is 5.13. The number of aliphatic carboxylic acids is 1. The zero-order valence-corrected chi connectivity index (χ0v) is 13.1. The van der Waals surface area contributed by atoms with E-state index in [2.05, 4.69) is 4.72 Å². The van der Waals surface area contributed by atoms with Crippen molar-refractivity contribution >= 4 is 27.6 Å². The number of nitrogens with one attached hydrogen (secondary N) is 1. The van der Waals surface area contributed by atoms with Gasteiger partial charge in [-0.1, -0.05) is 11.6 Å². The van der Waals surface area contributed by atoms with Gasteiger partial charge in [-0.3, -0.25) is 4.79 Å². The summed E-state index contributed by atoms with van der Waals surface area (Å²) in [4.78, 5) is 11.1. The Morgan fingerprint density at radius 1 is 1.36 bits per heavy atom. The molecule has 1 heterocycles. The zero-order chi connectivity index (χ0) is 16.4. The van der Waals surface area contributed by atoms with E-state index in [1.165, 1.54) is 0 Å². The number of sulfonamides is 1. The van der Waals surface area contributed by atoms with E-state index in [1.807, 2.05) is 0 Å². The lowest BCUT2D eigenvalue weighted by molar-refractivity contribution is -0.154. The minimum absolute atomic E-state index is 0.0561. The quantitative estimate of drug-likeness (QED) is 0.841. The van der Waals surface area contributed by atoms with Gasteiger partial charge >= 0.3 is 5.97 Å². The molecule has 2 N–H and O–H groups in total. The molecule has 1 saturated heterocycles. The van der Waals surface area contributed by atoms with Crippen LogP contribution in [0.2, 0.25) is 5.02 Å². The Morgan fingerprint density at radius 2 is 2.00 bits per heavy atom. The molecule has 0 spiro atoms. The third kappa shape index (κ3) is 3.75. The first-order valence-corrected chi connectivity index (χ1v) is 8.38. The number of carbonyl (C=O) groups is 1. The lowest BCUT2D eigenvalue weighted by atomic mass is 9.80. The molecule has 1 aliphatic rings. The number of hydrogen-bond donors (Lipinski definition) is 2. The first-order valence-electron chi connectivity index (χ1n) is 6.52. The molecule has 0 aliphatic carbocycles.